The highest BCUT2D eigenvalue weighted by Gasteiger charge is 2.36. The van der Waals surface area contributed by atoms with Gasteiger partial charge in [0.1, 0.15) is 0 Å². The average molecular weight is 899 g/mol. The molecule has 7 aromatic rings. The Hall–Kier alpha value is -4.37. The molecule has 1 N–H and O–H groups in total. The van der Waals surface area contributed by atoms with Gasteiger partial charge < -0.3 is 4.98 Å². The van der Waals surface area contributed by atoms with Crippen LogP contribution < -0.4 is 0 Å². The lowest BCUT2D eigenvalue weighted by molar-refractivity contribution is -0.194. The molecule has 0 atom stereocenters. The third-order valence-electron chi connectivity index (χ3n) is 9.28. The zero-order valence-corrected chi connectivity index (χ0v) is 33.9. The van der Waals surface area contributed by atoms with Gasteiger partial charge in [0, 0.05) is 64.4 Å². The van der Waals surface area contributed by atoms with Gasteiger partial charge in [-0.05, 0) is 98.6 Å². The van der Waals surface area contributed by atoms with E-state index in [2.05, 4.69) is 83.5 Å². The van der Waals surface area contributed by atoms with E-state index in [1.54, 1.807) is 55.1 Å². The van der Waals surface area contributed by atoms with E-state index >= 15 is 0 Å². The molecule has 4 fully saturated rings. The van der Waals surface area contributed by atoms with Gasteiger partial charge in [-0.15, -0.1) is 0 Å². The fourth-order valence-electron chi connectivity index (χ4n) is 7.00. The highest BCUT2D eigenvalue weighted by Crippen LogP contribution is 2.32. The Morgan fingerprint density at radius 3 is 1.67 bits per heavy atom. The molecule has 4 saturated heterocycles. The predicted octanol–water partition coefficient (Wildman–Crippen LogP) is 9.40. The minimum absolute atomic E-state index is 0.282. The number of carbonyl (C=O) groups excluding carboxylic acids is 2. The number of nitrogens with zero attached hydrogens (tertiary/aromatic N) is 7. The third-order valence-corrected chi connectivity index (χ3v) is 10.6. The van der Waals surface area contributed by atoms with E-state index in [0.717, 1.165) is 53.3 Å². The fraction of sp³-hybridized carbons (Fsp3) is 0.146. The second kappa shape index (κ2) is 16.4. The summed E-state index contributed by atoms with van der Waals surface area (Å²) < 4.78 is 1.77. The molecule has 0 saturated carbocycles. The maximum Gasteiger partial charge on any atom is 0.233 e. The van der Waals surface area contributed by atoms with Gasteiger partial charge in [0.05, 0.1) is 68.8 Å². The monoisotopic (exact) mass is 896 g/mol. The molecule has 0 aliphatic carbocycles. The largest absolute Gasteiger partial charge is 0.344 e. The van der Waals surface area contributed by atoms with Crippen molar-refractivity contribution in [2.45, 2.75) is 0 Å². The summed E-state index contributed by atoms with van der Waals surface area (Å²) >= 11 is 18.8. The van der Waals surface area contributed by atoms with Crippen LogP contribution in [-0.4, -0.2) is 91.1 Å². The molecular weight excluding hydrogens is 867 g/mol. The number of hydrogen-bond acceptors (Lipinski definition) is 9. The summed E-state index contributed by atoms with van der Waals surface area (Å²) in [4.78, 5) is 50.8. The molecule has 0 spiro atoms. The van der Waals surface area contributed by atoms with Gasteiger partial charge in [0.15, 0.2) is 0 Å². The fourth-order valence-corrected chi connectivity index (χ4v) is 8.08. The maximum atomic E-state index is 12.4. The molecule has 4 aliphatic rings. The number of hydrogen-bond donors (Lipinski definition) is 1. The number of aromatic nitrogens is 4. The Morgan fingerprint density at radius 2 is 1.09 bits per heavy atom. The van der Waals surface area contributed by atoms with Gasteiger partial charge in [-0.1, -0.05) is 53.5 Å². The van der Waals surface area contributed by atoms with Crippen molar-refractivity contribution < 1.29 is 9.59 Å². The van der Waals surface area contributed by atoms with Crippen LogP contribution in [0.3, 0.4) is 0 Å². The molecule has 276 valence electrons. The Balaban J connectivity index is 0.000000124. The zero-order valence-electron chi connectivity index (χ0n) is 29.2. The van der Waals surface area contributed by atoms with Crippen molar-refractivity contribution in [3.8, 4) is 22.5 Å². The Kier molecular flexibility index (Phi) is 11.2. The normalized spacial score (nSPS) is 19.3. The first kappa shape index (κ1) is 37.5. The maximum absolute atomic E-state index is 12.4. The van der Waals surface area contributed by atoms with Crippen molar-refractivity contribution in [3.05, 3.63) is 146 Å². The number of imidazole rings is 1. The summed E-state index contributed by atoms with van der Waals surface area (Å²) in [5, 5.41) is 2.98. The molecule has 4 aliphatic heterocycles. The molecular formula is C41H32Br2Cl2N8O2. The molecule has 11 rings (SSSR count). The smallest absolute Gasteiger partial charge is 0.233 e. The predicted molar refractivity (Wildman–Crippen MR) is 224 cm³/mol. The molecule has 10 nitrogen and oxygen atoms in total. The minimum Gasteiger partial charge on any atom is -0.344 e. The quantitative estimate of drug-likeness (QED) is 0.134. The molecule has 7 heterocycles. The van der Waals surface area contributed by atoms with E-state index in [1.807, 2.05) is 42.5 Å². The molecule has 4 bridgehead atoms. The zero-order chi connectivity index (χ0) is 38.1. The van der Waals surface area contributed by atoms with E-state index in [1.165, 1.54) is 46.1 Å². The second-order valence-electron chi connectivity index (χ2n) is 13.5. The Labute approximate surface area is 344 Å². The Morgan fingerprint density at radius 1 is 0.564 bits per heavy atom. The number of nitrogens with one attached hydrogen (secondary N) is 1. The lowest BCUT2D eigenvalue weighted by atomic mass is 10.0. The molecule has 14 heteroatoms. The van der Waals surface area contributed by atoms with Gasteiger partial charge in [-0.2, -0.15) is 0 Å². The number of Topliss-reactive ketones (excluding diaryl/α,β-unsaturated/α-hetero) is 2. The molecule has 4 aromatic carbocycles. The van der Waals surface area contributed by atoms with Crippen LogP contribution in [0.15, 0.2) is 125 Å². The van der Waals surface area contributed by atoms with Crippen molar-refractivity contribution in [1.82, 2.24) is 39.5 Å². The SMILES string of the molecule is C1N2CN3CN1CN(C2)C3.Clc1cccc(-c2nc[nH]c2-c2ccc3ncc(Br)cc3c2)c1.O=C(C(=O)c1ccc2ncc(Br)cc2c1)c1cccc(Cl)c1. The number of ketones is 2. The molecule has 0 radical (unpaired) electrons. The van der Waals surface area contributed by atoms with Crippen molar-refractivity contribution in [2.24, 2.45) is 0 Å². The summed E-state index contributed by atoms with van der Waals surface area (Å²) in [6.07, 6.45) is 5.19. The highest BCUT2D eigenvalue weighted by molar-refractivity contribution is 9.10. The number of fused-ring (bicyclic) bond motifs is 2. The Bertz CT molecular complexity index is 2510. The average Bonchev–Trinajstić information content (AvgIpc) is 3.67. The lowest BCUT2D eigenvalue weighted by Gasteiger charge is -2.56. The van der Waals surface area contributed by atoms with Gasteiger partial charge in [-0.25, -0.2) is 4.98 Å². The first-order valence-corrected chi connectivity index (χ1v) is 19.6. The summed E-state index contributed by atoms with van der Waals surface area (Å²) in [7, 11) is 0. The van der Waals surface area contributed by atoms with Crippen molar-refractivity contribution in [2.75, 3.05) is 40.0 Å². The number of pyridine rings is 2. The van der Waals surface area contributed by atoms with E-state index in [9.17, 15) is 9.59 Å². The number of H-pyrrole nitrogens is 1. The van der Waals surface area contributed by atoms with Crippen LogP contribution in [-0.2, 0) is 0 Å². The summed E-state index contributed by atoms with van der Waals surface area (Å²) in [6.45, 7) is 7.12. The van der Waals surface area contributed by atoms with Gasteiger partial charge in [0.25, 0.3) is 0 Å². The molecule has 55 heavy (non-hydrogen) atoms. The standard InChI is InChI=1S/C18H11BrClN3.C17H9BrClNO2.C6H12N4/c19-14-7-13-6-12(4-5-16(13)21-9-14)18-17(22-10-23-18)11-2-1-3-15(20)8-11;18-13-7-12-6-11(4-5-15(12)20-9-13)17(22)16(21)10-2-1-3-14(19)8-10;1-7-2-9-4-8(1)5-10(3-7)6-9/h1-10H,(H,22,23);1-9H;1-6H2. The van der Waals surface area contributed by atoms with Crippen LogP contribution in [0.2, 0.25) is 10.0 Å². The minimum atomic E-state index is -0.579. The first-order valence-electron chi connectivity index (χ1n) is 17.3. The number of halogens is 4. The first-order chi connectivity index (χ1) is 26.6. The number of aromatic amines is 1. The van der Waals surface area contributed by atoms with Gasteiger partial charge in [0.2, 0.25) is 11.6 Å². The number of rotatable bonds is 5. The third kappa shape index (κ3) is 8.72. The van der Waals surface area contributed by atoms with Crippen LogP contribution in [0.4, 0.5) is 0 Å². The number of benzene rings is 4. The molecule has 3 aromatic heterocycles. The second-order valence-corrected chi connectivity index (χ2v) is 16.2. The lowest BCUT2D eigenvalue weighted by Crippen LogP contribution is -2.71. The van der Waals surface area contributed by atoms with E-state index in [-0.39, 0.29) is 5.56 Å². The molecule has 0 amide bonds. The van der Waals surface area contributed by atoms with Crippen LogP contribution in [0, 0.1) is 0 Å². The van der Waals surface area contributed by atoms with E-state index in [4.69, 9.17) is 23.2 Å². The molecule has 0 unspecified atom stereocenters. The topological polar surface area (TPSA) is 102 Å². The summed E-state index contributed by atoms with van der Waals surface area (Å²) in [5.74, 6) is -1.14. The van der Waals surface area contributed by atoms with Crippen LogP contribution in [0.25, 0.3) is 44.3 Å². The van der Waals surface area contributed by atoms with Crippen LogP contribution >= 0.6 is 55.1 Å². The van der Waals surface area contributed by atoms with E-state index < -0.39 is 11.6 Å². The van der Waals surface area contributed by atoms with Crippen LogP contribution in [0.1, 0.15) is 20.7 Å². The highest BCUT2D eigenvalue weighted by atomic mass is 79.9. The number of carbonyl (C=O) groups is 2. The van der Waals surface area contributed by atoms with E-state index in [0.29, 0.717) is 15.6 Å². The summed E-state index contributed by atoms with van der Waals surface area (Å²) in [5.41, 5.74) is 6.23. The van der Waals surface area contributed by atoms with Gasteiger partial charge >= 0.3 is 0 Å². The van der Waals surface area contributed by atoms with Gasteiger partial charge in [-0.3, -0.25) is 39.2 Å². The van der Waals surface area contributed by atoms with Crippen molar-refractivity contribution >= 4 is 88.4 Å². The van der Waals surface area contributed by atoms with Crippen molar-refractivity contribution in [1.29, 1.82) is 0 Å². The van der Waals surface area contributed by atoms with Crippen LogP contribution in [0.5, 0.6) is 0 Å². The van der Waals surface area contributed by atoms with Crippen molar-refractivity contribution in [3.63, 3.8) is 0 Å². The summed E-state index contributed by atoms with van der Waals surface area (Å²) in [6, 6.07) is 29.1.